The third-order valence-corrected chi connectivity index (χ3v) is 2.92. The molecular formula is C12H11Br2NaS. The summed E-state index contributed by atoms with van der Waals surface area (Å²) < 4.78 is 2.22. The molecule has 0 spiro atoms. The molecule has 0 radical (unpaired) electrons. The molecular weight excluding hydrogens is 359 g/mol. The number of hydrogen-bond donors (Lipinski definition) is 1. The van der Waals surface area contributed by atoms with Crippen LogP contribution in [0.25, 0.3) is 0 Å². The van der Waals surface area contributed by atoms with Crippen LogP contribution in [0.2, 0.25) is 0 Å². The number of hydrogen-bond acceptors (Lipinski definition) is 1. The summed E-state index contributed by atoms with van der Waals surface area (Å²) in [5.41, 5.74) is 0. The average molecular weight is 370 g/mol. The second-order valence-corrected chi connectivity index (χ2v) is 5.12. The van der Waals surface area contributed by atoms with E-state index in [4.69, 9.17) is 0 Å². The fourth-order valence-corrected chi connectivity index (χ4v) is 1.56. The van der Waals surface area contributed by atoms with Crippen LogP contribution >= 0.6 is 44.5 Å². The maximum atomic E-state index is 4.08. The van der Waals surface area contributed by atoms with Crippen molar-refractivity contribution in [1.82, 2.24) is 0 Å². The standard InChI is InChI=1S/C6H4Br2.C6H6S.Na.H/c7-5-1-2-6(8)4-3-5;7-6-4-2-1-3-5-6;;/h1-4H;1-5,7H;;. The van der Waals surface area contributed by atoms with Crippen molar-refractivity contribution in [2.75, 3.05) is 0 Å². The molecule has 4 heteroatoms. The molecule has 0 bridgehead atoms. The molecule has 16 heavy (non-hydrogen) atoms. The summed E-state index contributed by atoms with van der Waals surface area (Å²) in [4.78, 5) is 1.02. The van der Waals surface area contributed by atoms with Crippen molar-refractivity contribution in [1.29, 1.82) is 0 Å². The molecule has 0 aliphatic rings. The van der Waals surface area contributed by atoms with Gasteiger partial charge in [-0.25, -0.2) is 0 Å². The van der Waals surface area contributed by atoms with Gasteiger partial charge in [0.05, 0.1) is 0 Å². The topological polar surface area (TPSA) is 0 Å². The molecule has 0 atom stereocenters. The molecule has 0 aromatic heterocycles. The normalized spacial score (nSPS) is 8.44. The van der Waals surface area contributed by atoms with Crippen molar-refractivity contribution in [3.8, 4) is 0 Å². The Kier molecular flexibility index (Phi) is 10.2. The van der Waals surface area contributed by atoms with Gasteiger partial charge in [-0.3, -0.25) is 0 Å². The quantitative estimate of drug-likeness (QED) is 0.511. The summed E-state index contributed by atoms with van der Waals surface area (Å²) in [5, 5.41) is 0. The summed E-state index contributed by atoms with van der Waals surface area (Å²) >= 11 is 10.7. The van der Waals surface area contributed by atoms with Gasteiger partial charge >= 0.3 is 29.6 Å². The van der Waals surface area contributed by atoms with Gasteiger partial charge in [-0.05, 0) is 36.4 Å². The number of benzene rings is 2. The third kappa shape index (κ3) is 7.93. The predicted molar refractivity (Wildman–Crippen MR) is 82.7 cm³/mol. The van der Waals surface area contributed by atoms with Crippen molar-refractivity contribution < 1.29 is 0 Å². The zero-order valence-corrected chi connectivity index (χ0v) is 12.0. The van der Waals surface area contributed by atoms with Gasteiger partial charge in [-0.2, -0.15) is 0 Å². The van der Waals surface area contributed by atoms with Gasteiger partial charge < -0.3 is 0 Å². The van der Waals surface area contributed by atoms with E-state index in [-0.39, 0.29) is 29.6 Å². The van der Waals surface area contributed by atoms with Gasteiger partial charge in [0.1, 0.15) is 0 Å². The van der Waals surface area contributed by atoms with Crippen LogP contribution in [-0.2, 0) is 0 Å². The van der Waals surface area contributed by atoms with Crippen LogP contribution in [0.15, 0.2) is 68.4 Å². The van der Waals surface area contributed by atoms with Crippen LogP contribution in [0.5, 0.6) is 0 Å². The summed E-state index contributed by atoms with van der Waals surface area (Å²) in [6.45, 7) is 0. The van der Waals surface area contributed by atoms with Gasteiger partial charge in [0.15, 0.2) is 0 Å². The first-order valence-corrected chi connectivity index (χ1v) is 6.37. The van der Waals surface area contributed by atoms with E-state index in [0.717, 1.165) is 13.8 Å². The van der Waals surface area contributed by atoms with Crippen LogP contribution in [0, 0.1) is 0 Å². The molecule has 2 aromatic carbocycles. The van der Waals surface area contributed by atoms with E-state index >= 15 is 0 Å². The van der Waals surface area contributed by atoms with Gasteiger partial charge in [0.25, 0.3) is 0 Å². The van der Waals surface area contributed by atoms with Crippen molar-refractivity contribution in [3.63, 3.8) is 0 Å². The molecule has 0 heterocycles. The Balaban J connectivity index is 0.000000267. The van der Waals surface area contributed by atoms with E-state index in [9.17, 15) is 0 Å². The maximum absolute atomic E-state index is 4.08. The second-order valence-electron chi connectivity index (χ2n) is 2.77. The zero-order valence-electron chi connectivity index (χ0n) is 7.90. The molecule has 80 valence electrons. The van der Waals surface area contributed by atoms with Crippen LogP contribution in [0.3, 0.4) is 0 Å². The molecule has 0 nitrogen and oxygen atoms in total. The van der Waals surface area contributed by atoms with Crippen molar-refractivity contribution >= 4 is 74.0 Å². The molecule has 2 aromatic rings. The van der Waals surface area contributed by atoms with Crippen LogP contribution in [0.4, 0.5) is 0 Å². The van der Waals surface area contributed by atoms with Gasteiger partial charge in [0.2, 0.25) is 0 Å². The van der Waals surface area contributed by atoms with Gasteiger partial charge in [0, 0.05) is 13.8 Å². The first kappa shape index (κ1) is 16.8. The molecule has 0 saturated heterocycles. The first-order chi connectivity index (χ1) is 7.18. The number of thiol groups is 1. The summed E-state index contributed by atoms with van der Waals surface area (Å²) in [7, 11) is 0. The van der Waals surface area contributed by atoms with Crippen molar-refractivity contribution in [2.45, 2.75) is 4.90 Å². The SMILES string of the molecule is Brc1ccc(Br)cc1.Sc1ccccc1.[NaH]. The summed E-state index contributed by atoms with van der Waals surface area (Å²) in [6, 6.07) is 17.7. The monoisotopic (exact) mass is 368 g/mol. The zero-order chi connectivity index (χ0) is 11.1. The summed E-state index contributed by atoms with van der Waals surface area (Å²) in [6.07, 6.45) is 0. The predicted octanol–water partition coefficient (Wildman–Crippen LogP) is 4.54. The van der Waals surface area contributed by atoms with E-state index in [2.05, 4.69) is 44.5 Å². The van der Waals surface area contributed by atoms with E-state index in [1.807, 2.05) is 54.6 Å². The van der Waals surface area contributed by atoms with E-state index in [1.165, 1.54) is 0 Å². The minimum atomic E-state index is 0. The molecule has 0 aliphatic heterocycles. The van der Waals surface area contributed by atoms with E-state index < -0.39 is 0 Å². The van der Waals surface area contributed by atoms with Crippen molar-refractivity contribution in [2.24, 2.45) is 0 Å². The minimum absolute atomic E-state index is 0. The summed E-state index contributed by atoms with van der Waals surface area (Å²) in [5.74, 6) is 0. The second kappa shape index (κ2) is 9.75. The molecule has 0 saturated carbocycles. The van der Waals surface area contributed by atoms with Crippen molar-refractivity contribution in [3.05, 3.63) is 63.5 Å². The Morgan fingerprint density at radius 2 is 1.06 bits per heavy atom. The van der Waals surface area contributed by atoms with E-state index in [0.29, 0.717) is 0 Å². The van der Waals surface area contributed by atoms with Gasteiger partial charge in [-0.1, -0.05) is 50.1 Å². The Bertz CT molecular complexity index is 369. The van der Waals surface area contributed by atoms with Crippen LogP contribution < -0.4 is 0 Å². The third-order valence-electron chi connectivity index (χ3n) is 1.56. The van der Waals surface area contributed by atoms with E-state index in [1.54, 1.807) is 0 Å². The fraction of sp³-hybridized carbons (Fsp3) is 0. The van der Waals surface area contributed by atoms with Crippen LogP contribution in [-0.4, -0.2) is 29.6 Å². The number of rotatable bonds is 0. The molecule has 0 N–H and O–H groups in total. The Morgan fingerprint density at radius 3 is 1.31 bits per heavy atom. The fourth-order valence-electron chi connectivity index (χ4n) is 0.858. The molecule has 0 unspecified atom stereocenters. The Hall–Kier alpha value is 0.750. The average Bonchev–Trinajstić information content (AvgIpc) is 2.25. The molecule has 0 aliphatic carbocycles. The molecule has 2 rings (SSSR count). The number of halogens is 2. The van der Waals surface area contributed by atoms with Gasteiger partial charge in [-0.15, -0.1) is 12.6 Å². The molecule has 0 amide bonds. The Morgan fingerprint density at radius 1 is 0.688 bits per heavy atom. The van der Waals surface area contributed by atoms with Crippen LogP contribution in [0.1, 0.15) is 0 Å². The molecule has 0 fully saturated rings. The first-order valence-electron chi connectivity index (χ1n) is 4.33. The Labute approximate surface area is 141 Å².